The molecule has 4 aliphatic rings. The van der Waals surface area contributed by atoms with Crippen molar-refractivity contribution in [2.45, 2.75) is 54.6 Å². The molecule has 6 aromatic rings. The molecule has 4 heterocycles. The second-order valence-corrected chi connectivity index (χ2v) is 15.7. The Morgan fingerprint density at radius 3 is 1.66 bits per heavy atom. The van der Waals surface area contributed by atoms with Gasteiger partial charge in [-0.15, -0.1) is 0 Å². The van der Waals surface area contributed by atoms with Gasteiger partial charge in [0.15, 0.2) is 29.1 Å². The molecule has 8 unspecified atom stereocenters. The Bertz CT molecular complexity index is 2840. The molecule has 318 valence electrons. The lowest BCUT2D eigenvalue weighted by atomic mass is 9.71. The smallest absolute Gasteiger partial charge is 0.305 e. The fourth-order valence-electron chi connectivity index (χ4n) is 9.28. The summed E-state index contributed by atoms with van der Waals surface area (Å²) >= 11 is 0. The minimum atomic E-state index is -2.14. The Labute approximate surface area is 349 Å². The largest absolute Gasteiger partial charge is 0.508 e. The maximum absolute atomic E-state index is 12.5. The number of aliphatic hydroxyl groups is 3. The molecule has 13 N–H and O–H groups in total. The Morgan fingerprint density at radius 2 is 1.02 bits per heavy atom. The number of aliphatic hydroxyl groups excluding tert-OH is 3. The third-order valence-corrected chi connectivity index (χ3v) is 12.1. The number of rotatable bonds is 4. The standard InChI is InChI=1S/C45H36O17/c46-19-5-3-18(4-6-19)45-44(58)38(33-27(53)11-20(47)12-31(33)61-45)36-32(62-45)15-29(55)35-37(39(57)41(60-43(35)36)17-2-8-23(49)26(52)10-17)34-28(54)14-24(50)21-13-30(56)40(59-42(21)34)16-1-7-22(48)25(51)9-16/h1-12,14-15,30,37-41,44,46-58H,13H2. The molecule has 17 heteroatoms. The van der Waals surface area contributed by atoms with E-state index in [1.54, 1.807) is 0 Å². The van der Waals surface area contributed by atoms with Crippen LogP contribution in [0.4, 0.5) is 0 Å². The summed E-state index contributed by atoms with van der Waals surface area (Å²) in [6, 6.07) is 17.1. The summed E-state index contributed by atoms with van der Waals surface area (Å²) in [5.74, 6) is -10.8. The van der Waals surface area contributed by atoms with Gasteiger partial charge < -0.3 is 85.3 Å². The Hall–Kier alpha value is -7.60. The van der Waals surface area contributed by atoms with Crippen LogP contribution in [0.5, 0.6) is 80.5 Å². The Kier molecular flexibility index (Phi) is 8.37. The van der Waals surface area contributed by atoms with Crippen molar-refractivity contribution in [3.05, 3.63) is 129 Å². The van der Waals surface area contributed by atoms with E-state index < -0.39 is 99.9 Å². The van der Waals surface area contributed by atoms with E-state index in [0.717, 1.165) is 36.4 Å². The number of hydrogen-bond acceptors (Lipinski definition) is 17. The molecule has 2 bridgehead atoms. The first-order chi connectivity index (χ1) is 29.6. The first-order valence-electron chi connectivity index (χ1n) is 19.2. The van der Waals surface area contributed by atoms with Gasteiger partial charge >= 0.3 is 5.79 Å². The maximum Gasteiger partial charge on any atom is 0.305 e. The SMILES string of the molecule is Oc1ccc(C23Oc4cc(O)cc(O)c4C(c4c(cc(O)c5c4OC(c4ccc(O)c(O)c4)C(O)C5c4c(O)cc(O)c5c4OC(c4ccc(O)c(O)c4)C(O)C5)O2)C3O)cc1. The van der Waals surface area contributed by atoms with Crippen LogP contribution in [-0.2, 0) is 12.2 Å². The van der Waals surface area contributed by atoms with Crippen LogP contribution in [0.25, 0.3) is 0 Å². The van der Waals surface area contributed by atoms with Gasteiger partial charge in [0.05, 0.1) is 17.9 Å². The van der Waals surface area contributed by atoms with E-state index in [2.05, 4.69) is 0 Å². The minimum Gasteiger partial charge on any atom is -0.508 e. The van der Waals surface area contributed by atoms with Crippen LogP contribution in [0.1, 0.15) is 68.6 Å². The van der Waals surface area contributed by atoms with Crippen molar-refractivity contribution in [3.8, 4) is 80.5 Å². The van der Waals surface area contributed by atoms with Crippen molar-refractivity contribution in [3.63, 3.8) is 0 Å². The van der Waals surface area contributed by atoms with Gasteiger partial charge in [-0.25, -0.2) is 0 Å². The number of fused-ring (bicyclic) bond motifs is 9. The lowest BCUT2D eigenvalue weighted by Gasteiger charge is -2.51. The van der Waals surface area contributed by atoms with Crippen LogP contribution in [0.2, 0.25) is 0 Å². The zero-order chi connectivity index (χ0) is 43.7. The Balaban J connectivity index is 1.25. The summed E-state index contributed by atoms with van der Waals surface area (Å²) in [4.78, 5) is 0. The van der Waals surface area contributed by atoms with Crippen molar-refractivity contribution in [1.82, 2.24) is 0 Å². The molecule has 0 aromatic heterocycles. The summed E-state index contributed by atoms with van der Waals surface area (Å²) in [5, 5.41) is 145. The third kappa shape index (κ3) is 5.52. The molecule has 6 aromatic carbocycles. The van der Waals surface area contributed by atoms with Gasteiger partial charge in [-0.1, -0.05) is 12.1 Å². The number of aromatic hydroxyl groups is 10. The zero-order valence-electron chi connectivity index (χ0n) is 31.8. The van der Waals surface area contributed by atoms with E-state index in [9.17, 15) is 66.4 Å². The molecule has 0 saturated heterocycles. The number of benzene rings is 6. The summed E-state index contributed by atoms with van der Waals surface area (Å²) in [7, 11) is 0. The molecular formula is C45H36O17. The predicted octanol–water partition coefficient (Wildman–Crippen LogP) is 4.54. The highest BCUT2D eigenvalue weighted by atomic mass is 16.7. The van der Waals surface area contributed by atoms with E-state index in [4.69, 9.17) is 18.9 Å². The molecule has 8 atom stereocenters. The van der Waals surface area contributed by atoms with Gasteiger partial charge in [0.2, 0.25) is 0 Å². The van der Waals surface area contributed by atoms with Crippen molar-refractivity contribution < 1.29 is 85.3 Å². The molecule has 4 aliphatic heterocycles. The van der Waals surface area contributed by atoms with Gasteiger partial charge in [0.1, 0.15) is 75.8 Å². The average Bonchev–Trinajstić information content (AvgIpc) is 3.21. The van der Waals surface area contributed by atoms with E-state index in [0.29, 0.717) is 0 Å². The van der Waals surface area contributed by atoms with Gasteiger partial charge in [0, 0.05) is 64.1 Å². The molecule has 0 amide bonds. The molecule has 0 saturated carbocycles. The van der Waals surface area contributed by atoms with Crippen LogP contribution in [0.3, 0.4) is 0 Å². The van der Waals surface area contributed by atoms with Crippen LogP contribution < -0.4 is 18.9 Å². The van der Waals surface area contributed by atoms with Crippen LogP contribution in [0, 0.1) is 0 Å². The van der Waals surface area contributed by atoms with E-state index in [1.807, 2.05) is 0 Å². The molecule has 10 rings (SSSR count). The summed E-state index contributed by atoms with van der Waals surface area (Å²) < 4.78 is 25.8. The van der Waals surface area contributed by atoms with Crippen LogP contribution in [-0.4, -0.2) is 84.7 Å². The summed E-state index contributed by atoms with van der Waals surface area (Å²) in [6.07, 6.45) is -8.06. The molecule has 0 radical (unpaired) electrons. The second-order valence-electron chi connectivity index (χ2n) is 15.7. The lowest BCUT2D eigenvalue weighted by molar-refractivity contribution is -0.219. The normalized spacial score (nSPS) is 25.4. The van der Waals surface area contributed by atoms with Gasteiger partial charge in [-0.05, 0) is 59.7 Å². The second kappa shape index (κ2) is 13.5. The number of phenols is 10. The van der Waals surface area contributed by atoms with Gasteiger partial charge in [-0.3, -0.25) is 0 Å². The third-order valence-electron chi connectivity index (χ3n) is 12.1. The molecule has 62 heavy (non-hydrogen) atoms. The highest BCUT2D eigenvalue weighted by Crippen LogP contribution is 2.65. The monoisotopic (exact) mass is 848 g/mol. The first-order valence-corrected chi connectivity index (χ1v) is 19.2. The fourth-order valence-corrected chi connectivity index (χ4v) is 9.28. The highest BCUT2D eigenvalue weighted by molar-refractivity contribution is 5.72. The molecule has 0 fully saturated rings. The summed E-state index contributed by atoms with van der Waals surface area (Å²) in [6.45, 7) is 0. The number of hydrogen-bond donors (Lipinski definition) is 13. The zero-order valence-corrected chi connectivity index (χ0v) is 31.8. The lowest BCUT2D eigenvalue weighted by Crippen LogP contribution is -2.57. The molecule has 0 spiro atoms. The first kappa shape index (κ1) is 38.6. The quantitative estimate of drug-likeness (QED) is 0.108. The van der Waals surface area contributed by atoms with Crippen LogP contribution >= 0.6 is 0 Å². The predicted molar refractivity (Wildman–Crippen MR) is 210 cm³/mol. The summed E-state index contributed by atoms with van der Waals surface area (Å²) in [5.41, 5.74) is -0.0983. The number of phenolic OH excluding ortho intramolecular Hbond substituents is 10. The minimum absolute atomic E-state index is 0.0124. The van der Waals surface area contributed by atoms with Crippen molar-refractivity contribution >= 4 is 0 Å². The van der Waals surface area contributed by atoms with Crippen molar-refractivity contribution in [2.24, 2.45) is 0 Å². The highest BCUT2D eigenvalue weighted by Gasteiger charge is 2.61. The fraction of sp³-hybridized carbons (Fsp3) is 0.200. The van der Waals surface area contributed by atoms with Crippen LogP contribution in [0.15, 0.2) is 84.9 Å². The molecule has 0 aliphatic carbocycles. The maximum atomic E-state index is 12.5. The molecular weight excluding hydrogens is 812 g/mol. The average molecular weight is 849 g/mol. The van der Waals surface area contributed by atoms with Crippen molar-refractivity contribution in [2.75, 3.05) is 0 Å². The Morgan fingerprint density at radius 1 is 0.452 bits per heavy atom. The van der Waals surface area contributed by atoms with Gasteiger partial charge in [0.25, 0.3) is 0 Å². The van der Waals surface area contributed by atoms with E-state index in [1.165, 1.54) is 48.5 Å². The van der Waals surface area contributed by atoms with E-state index >= 15 is 0 Å². The topological polar surface area (TPSA) is 300 Å². The van der Waals surface area contributed by atoms with E-state index in [-0.39, 0.29) is 79.7 Å². The van der Waals surface area contributed by atoms with Crippen molar-refractivity contribution in [1.29, 1.82) is 0 Å². The van der Waals surface area contributed by atoms with Gasteiger partial charge in [-0.2, -0.15) is 0 Å². The number of ether oxygens (including phenoxy) is 4. The molecule has 17 nitrogen and oxygen atoms in total.